The van der Waals surface area contributed by atoms with Crippen LogP contribution in [-0.4, -0.2) is 29.5 Å². The van der Waals surface area contributed by atoms with Crippen molar-refractivity contribution in [3.05, 3.63) is 47.3 Å². The van der Waals surface area contributed by atoms with E-state index < -0.39 is 0 Å². The number of aryl methyl sites for hydroxylation is 1. The third kappa shape index (κ3) is 3.59. The Kier molecular flexibility index (Phi) is 5.02. The van der Waals surface area contributed by atoms with Gasteiger partial charge in [0, 0.05) is 18.8 Å². The van der Waals surface area contributed by atoms with E-state index >= 15 is 0 Å². The molecule has 0 aliphatic carbocycles. The van der Waals surface area contributed by atoms with Gasteiger partial charge in [0.1, 0.15) is 18.9 Å². The number of ether oxygens (including phenoxy) is 2. The summed E-state index contributed by atoms with van der Waals surface area (Å²) in [6.07, 6.45) is 1.67. The molecule has 1 amide bonds. The summed E-state index contributed by atoms with van der Waals surface area (Å²) in [7, 11) is 1.76. The highest BCUT2D eigenvalue weighted by atomic mass is 16.6. The molecule has 26 heavy (non-hydrogen) atoms. The molecular weight excluding hydrogens is 332 g/mol. The molecule has 138 valence electrons. The number of benzene rings is 1. The van der Waals surface area contributed by atoms with E-state index in [0.29, 0.717) is 30.2 Å². The van der Waals surface area contributed by atoms with Crippen LogP contribution in [0.25, 0.3) is 0 Å². The van der Waals surface area contributed by atoms with Crippen molar-refractivity contribution in [2.45, 2.75) is 26.8 Å². The average molecular weight is 356 g/mol. The minimum atomic E-state index is -0.214. The van der Waals surface area contributed by atoms with Crippen molar-refractivity contribution < 1.29 is 19.1 Å². The number of rotatable bonds is 5. The maximum Gasteiger partial charge on any atom is 0.268 e. The number of Topliss-reactive ketones (excluding diaryl/α,β-unsaturated/α-hetero) is 1. The first kappa shape index (κ1) is 18.0. The Labute approximate surface area is 153 Å². The maximum atomic E-state index is 12.8. The van der Waals surface area contributed by atoms with Crippen LogP contribution in [0.1, 0.15) is 53.2 Å². The maximum absolute atomic E-state index is 12.8. The van der Waals surface area contributed by atoms with E-state index in [0.717, 1.165) is 11.3 Å². The molecule has 0 saturated heterocycles. The fourth-order valence-electron chi connectivity index (χ4n) is 3.09. The van der Waals surface area contributed by atoms with E-state index in [1.807, 2.05) is 32.0 Å². The topological polar surface area (TPSA) is 69.6 Å². The second-order valence-electron chi connectivity index (χ2n) is 6.88. The van der Waals surface area contributed by atoms with Gasteiger partial charge in [-0.3, -0.25) is 9.59 Å². The number of nitrogens with one attached hydrogen (secondary N) is 1. The Bertz CT molecular complexity index is 838. The van der Waals surface area contributed by atoms with Crippen LogP contribution in [0.3, 0.4) is 0 Å². The van der Waals surface area contributed by atoms with Gasteiger partial charge in [0.05, 0.1) is 6.04 Å². The molecule has 1 N–H and O–H groups in total. The number of carbonyl (C=O) groups excluding carboxylic acids is 2. The standard InChI is InChI=1S/C20H24N2O4/c1-12(2)19(14-5-6-17-18(10-14)26-8-7-25-17)21-20(24)16-9-15(13(3)23)11-22(16)4/h5-6,9-12,19H,7-8H2,1-4H3,(H,21,24). The molecule has 2 aromatic rings. The van der Waals surface area contributed by atoms with Crippen molar-refractivity contribution in [3.8, 4) is 11.5 Å². The van der Waals surface area contributed by atoms with E-state index in [1.54, 1.807) is 23.9 Å². The Morgan fingerprint density at radius 1 is 1.12 bits per heavy atom. The van der Waals surface area contributed by atoms with Crippen LogP contribution in [0.15, 0.2) is 30.5 Å². The van der Waals surface area contributed by atoms with Crippen molar-refractivity contribution in [2.24, 2.45) is 13.0 Å². The van der Waals surface area contributed by atoms with Gasteiger partial charge in [-0.1, -0.05) is 19.9 Å². The molecule has 0 radical (unpaired) electrons. The number of aromatic nitrogens is 1. The van der Waals surface area contributed by atoms with E-state index in [9.17, 15) is 9.59 Å². The number of hydrogen-bond donors (Lipinski definition) is 1. The molecular formula is C20H24N2O4. The van der Waals surface area contributed by atoms with E-state index in [1.165, 1.54) is 6.92 Å². The zero-order valence-corrected chi connectivity index (χ0v) is 15.5. The second-order valence-corrected chi connectivity index (χ2v) is 6.88. The van der Waals surface area contributed by atoms with Gasteiger partial charge in [-0.15, -0.1) is 0 Å². The molecule has 1 aliphatic heterocycles. The van der Waals surface area contributed by atoms with Crippen LogP contribution in [-0.2, 0) is 7.05 Å². The molecule has 0 spiro atoms. The SMILES string of the molecule is CC(=O)c1cc(C(=O)NC(c2ccc3c(c2)OCCO3)C(C)C)n(C)c1. The van der Waals surface area contributed by atoms with E-state index in [-0.39, 0.29) is 23.7 Å². The van der Waals surface area contributed by atoms with Gasteiger partial charge >= 0.3 is 0 Å². The first-order valence-electron chi connectivity index (χ1n) is 8.74. The number of amides is 1. The van der Waals surface area contributed by atoms with Crippen molar-refractivity contribution in [1.82, 2.24) is 9.88 Å². The van der Waals surface area contributed by atoms with E-state index in [2.05, 4.69) is 5.32 Å². The normalized spacial score (nSPS) is 14.2. The Morgan fingerprint density at radius 2 is 1.81 bits per heavy atom. The first-order chi connectivity index (χ1) is 12.4. The Morgan fingerprint density at radius 3 is 2.42 bits per heavy atom. The molecule has 3 rings (SSSR count). The van der Waals surface area contributed by atoms with Gasteiger partial charge in [0.15, 0.2) is 17.3 Å². The lowest BCUT2D eigenvalue weighted by atomic mass is 9.95. The highest BCUT2D eigenvalue weighted by Crippen LogP contribution is 2.34. The molecule has 1 aromatic carbocycles. The predicted molar refractivity (Wildman–Crippen MR) is 97.9 cm³/mol. The van der Waals surface area contributed by atoms with Crippen LogP contribution in [0.4, 0.5) is 0 Å². The third-order valence-corrected chi connectivity index (χ3v) is 4.52. The van der Waals surface area contributed by atoms with E-state index in [4.69, 9.17) is 9.47 Å². The molecule has 1 aromatic heterocycles. The van der Waals surface area contributed by atoms with Crippen LogP contribution in [0.2, 0.25) is 0 Å². The number of ketones is 1. The van der Waals surface area contributed by atoms with Crippen LogP contribution in [0, 0.1) is 5.92 Å². The number of nitrogens with zero attached hydrogens (tertiary/aromatic N) is 1. The highest BCUT2D eigenvalue weighted by Gasteiger charge is 2.23. The fourth-order valence-corrected chi connectivity index (χ4v) is 3.09. The zero-order chi connectivity index (χ0) is 18.8. The smallest absolute Gasteiger partial charge is 0.268 e. The first-order valence-corrected chi connectivity index (χ1v) is 8.74. The summed E-state index contributed by atoms with van der Waals surface area (Å²) < 4.78 is 12.9. The molecule has 0 bridgehead atoms. The minimum absolute atomic E-state index is 0.0631. The summed E-state index contributed by atoms with van der Waals surface area (Å²) in [4.78, 5) is 24.3. The van der Waals surface area contributed by atoms with Crippen LogP contribution in [0.5, 0.6) is 11.5 Å². The quantitative estimate of drug-likeness (QED) is 0.836. The number of fused-ring (bicyclic) bond motifs is 1. The number of hydrogen-bond acceptors (Lipinski definition) is 4. The summed E-state index contributed by atoms with van der Waals surface area (Å²) in [6.45, 7) is 6.65. The lowest BCUT2D eigenvalue weighted by molar-refractivity contribution is 0.0917. The van der Waals surface area contributed by atoms with Crippen LogP contribution < -0.4 is 14.8 Å². The molecule has 6 nitrogen and oxygen atoms in total. The predicted octanol–water partition coefficient (Wildman–Crippen LogP) is 3.13. The molecule has 0 fully saturated rings. The van der Waals surface area contributed by atoms with Crippen LogP contribution >= 0.6 is 0 Å². The van der Waals surface area contributed by atoms with Gasteiger partial charge in [0.2, 0.25) is 0 Å². The largest absolute Gasteiger partial charge is 0.486 e. The molecule has 1 unspecified atom stereocenters. The molecule has 0 saturated carbocycles. The summed E-state index contributed by atoms with van der Waals surface area (Å²) in [5.41, 5.74) is 1.94. The average Bonchev–Trinajstić information content (AvgIpc) is 3.01. The minimum Gasteiger partial charge on any atom is -0.486 e. The summed E-state index contributed by atoms with van der Waals surface area (Å²) in [6, 6.07) is 7.19. The van der Waals surface area contributed by atoms with Gasteiger partial charge in [-0.2, -0.15) is 0 Å². The summed E-state index contributed by atoms with van der Waals surface area (Å²) in [5.74, 6) is 1.32. The Balaban J connectivity index is 1.85. The molecule has 6 heteroatoms. The van der Waals surface area contributed by atoms with Crippen molar-refractivity contribution >= 4 is 11.7 Å². The van der Waals surface area contributed by atoms with Gasteiger partial charge in [-0.25, -0.2) is 0 Å². The summed E-state index contributed by atoms with van der Waals surface area (Å²) in [5, 5.41) is 3.08. The van der Waals surface area contributed by atoms with Crippen molar-refractivity contribution in [1.29, 1.82) is 0 Å². The summed E-state index contributed by atoms with van der Waals surface area (Å²) >= 11 is 0. The molecule has 1 aliphatic rings. The Hall–Kier alpha value is -2.76. The second kappa shape index (κ2) is 7.23. The van der Waals surface area contributed by atoms with Gasteiger partial charge in [0.25, 0.3) is 5.91 Å². The number of carbonyl (C=O) groups is 2. The van der Waals surface area contributed by atoms with Gasteiger partial charge in [-0.05, 0) is 36.6 Å². The molecule has 2 heterocycles. The van der Waals surface area contributed by atoms with Crippen molar-refractivity contribution in [3.63, 3.8) is 0 Å². The molecule has 1 atom stereocenters. The van der Waals surface area contributed by atoms with Crippen molar-refractivity contribution in [2.75, 3.05) is 13.2 Å². The monoisotopic (exact) mass is 356 g/mol. The lowest BCUT2D eigenvalue weighted by Gasteiger charge is -2.25. The third-order valence-electron chi connectivity index (χ3n) is 4.52. The fraction of sp³-hybridized carbons (Fsp3) is 0.400. The van der Waals surface area contributed by atoms with Gasteiger partial charge < -0.3 is 19.4 Å². The highest BCUT2D eigenvalue weighted by molar-refractivity contribution is 5.99. The lowest BCUT2D eigenvalue weighted by Crippen LogP contribution is -2.33. The zero-order valence-electron chi connectivity index (χ0n) is 15.5.